The number of hydrogen-bond donors (Lipinski definition) is 1. The smallest absolute Gasteiger partial charge is 0.0850 e. The second-order valence-electron chi connectivity index (χ2n) is 5.32. The average Bonchev–Trinajstić information content (AvgIpc) is 2.81. The van der Waals surface area contributed by atoms with Crippen molar-refractivity contribution in [1.29, 1.82) is 0 Å². The number of nitrogens with zero attached hydrogens (tertiary/aromatic N) is 2. The van der Waals surface area contributed by atoms with Crippen LogP contribution < -0.4 is 0 Å². The molecular weight excluding hydrogens is 284 g/mol. The Balaban J connectivity index is 2.35. The van der Waals surface area contributed by atoms with Gasteiger partial charge < -0.3 is 5.11 Å². The van der Waals surface area contributed by atoms with Crippen molar-refractivity contribution in [2.75, 3.05) is 6.61 Å². The first-order valence-corrected chi connectivity index (χ1v) is 7.90. The van der Waals surface area contributed by atoms with E-state index in [1.807, 2.05) is 16.8 Å². The van der Waals surface area contributed by atoms with Crippen molar-refractivity contribution >= 4 is 11.6 Å². The fourth-order valence-corrected chi connectivity index (χ4v) is 3.11. The number of hydrogen-bond acceptors (Lipinski definition) is 2. The molecule has 0 fully saturated rings. The Morgan fingerprint density at radius 3 is 2.57 bits per heavy atom. The van der Waals surface area contributed by atoms with E-state index < -0.39 is 0 Å². The highest BCUT2D eigenvalue weighted by molar-refractivity contribution is 6.31. The molecule has 0 aliphatic rings. The lowest BCUT2D eigenvalue weighted by Gasteiger charge is -2.18. The lowest BCUT2D eigenvalue weighted by atomic mass is 9.91. The summed E-state index contributed by atoms with van der Waals surface area (Å²) in [4.78, 5) is 0. The van der Waals surface area contributed by atoms with E-state index in [0.29, 0.717) is 6.42 Å². The van der Waals surface area contributed by atoms with E-state index in [4.69, 9.17) is 11.6 Å². The van der Waals surface area contributed by atoms with Crippen LogP contribution in [0.2, 0.25) is 5.02 Å². The number of aliphatic hydroxyl groups excluding tert-OH is 1. The van der Waals surface area contributed by atoms with Gasteiger partial charge in [-0.15, -0.1) is 0 Å². The van der Waals surface area contributed by atoms with Crippen LogP contribution in [-0.2, 0) is 19.4 Å². The predicted octanol–water partition coefficient (Wildman–Crippen LogP) is 3.75. The second-order valence-corrected chi connectivity index (χ2v) is 5.69. The van der Waals surface area contributed by atoms with Gasteiger partial charge >= 0.3 is 0 Å². The minimum Gasteiger partial charge on any atom is -0.396 e. The molecule has 1 aromatic heterocycles. The summed E-state index contributed by atoms with van der Waals surface area (Å²) in [6.07, 6.45) is 1.54. The molecule has 0 radical (unpaired) electrons. The summed E-state index contributed by atoms with van der Waals surface area (Å²) in [5.41, 5.74) is 4.34. The molecule has 0 saturated heterocycles. The van der Waals surface area contributed by atoms with Crippen LogP contribution in [0.15, 0.2) is 24.3 Å². The summed E-state index contributed by atoms with van der Waals surface area (Å²) < 4.78 is 1.96. The highest BCUT2D eigenvalue weighted by Gasteiger charge is 2.20. The number of rotatable bonds is 6. The molecule has 0 spiro atoms. The van der Waals surface area contributed by atoms with E-state index in [1.165, 1.54) is 11.1 Å². The maximum Gasteiger partial charge on any atom is 0.0850 e. The quantitative estimate of drug-likeness (QED) is 0.882. The Hall–Kier alpha value is -1.32. The zero-order valence-electron chi connectivity index (χ0n) is 12.9. The van der Waals surface area contributed by atoms with Crippen molar-refractivity contribution in [3.63, 3.8) is 0 Å². The molecule has 21 heavy (non-hydrogen) atoms. The van der Waals surface area contributed by atoms with Gasteiger partial charge in [0, 0.05) is 12.5 Å². The van der Waals surface area contributed by atoms with Crippen LogP contribution >= 0.6 is 11.6 Å². The van der Waals surface area contributed by atoms with Crippen molar-refractivity contribution < 1.29 is 5.11 Å². The van der Waals surface area contributed by atoms with Crippen molar-refractivity contribution in [2.45, 2.75) is 46.1 Å². The summed E-state index contributed by atoms with van der Waals surface area (Å²) in [7, 11) is 0. The summed E-state index contributed by atoms with van der Waals surface area (Å²) >= 11 is 6.47. The number of aryl methyl sites for hydroxylation is 3. The standard InChI is InChI=1S/C17H23ClN2O/c1-4-15-17(18)16(20(5-2)19-15)10-13(11-21)14-9-7-6-8-12(14)3/h6-9,13,21H,4-5,10-11H2,1-3H3. The SMILES string of the molecule is CCc1nn(CC)c(CC(CO)c2ccccc2C)c1Cl. The highest BCUT2D eigenvalue weighted by atomic mass is 35.5. The van der Waals surface area contributed by atoms with E-state index in [1.54, 1.807) is 0 Å². The maximum absolute atomic E-state index is 9.81. The molecule has 0 amide bonds. The van der Waals surface area contributed by atoms with Gasteiger partial charge in [0.1, 0.15) is 0 Å². The largest absolute Gasteiger partial charge is 0.396 e. The van der Waals surface area contributed by atoms with Crippen LogP contribution in [0.4, 0.5) is 0 Å². The monoisotopic (exact) mass is 306 g/mol. The molecule has 1 aromatic carbocycles. The van der Waals surface area contributed by atoms with Crippen LogP contribution in [0.1, 0.15) is 42.3 Å². The molecule has 0 aliphatic heterocycles. The van der Waals surface area contributed by atoms with E-state index in [0.717, 1.165) is 29.4 Å². The summed E-state index contributed by atoms with van der Waals surface area (Å²) in [5, 5.41) is 15.1. The second kappa shape index (κ2) is 7.10. The van der Waals surface area contributed by atoms with Gasteiger partial charge in [0.2, 0.25) is 0 Å². The summed E-state index contributed by atoms with van der Waals surface area (Å²) in [6.45, 7) is 7.10. The summed E-state index contributed by atoms with van der Waals surface area (Å²) in [6, 6.07) is 8.19. The molecule has 0 saturated carbocycles. The van der Waals surface area contributed by atoms with E-state index in [9.17, 15) is 5.11 Å². The van der Waals surface area contributed by atoms with Crippen LogP contribution in [0.5, 0.6) is 0 Å². The first kappa shape index (κ1) is 16.1. The van der Waals surface area contributed by atoms with Gasteiger partial charge in [-0.05, 0) is 37.8 Å². The molecule has 1 unspecified atom stereocenters. The van der Waals surface area contributed by atoms with E-state index >= 15 is 0 Å². The van der Waals surface area contributed by atoms with Gasteiger partial charge in [-0.1, -0.05) is 42.8 Å². The van der Waals surface area contributed by atoms with Gasteiger partial charge in [0.25, 0.3) is 0 Å². The fraction of sp³-hybridized carbons (Fsp3) is 0.471. The minimum atomic E-state index is 0.0513. The van der Waals surface area contributed by atoms with Crippen molar-refractivity contribution in [3.8, 4) is 0 Å². The molecular formula is C17H23ClN2O. The first-order chi connectivity index (χ1) is 10.1. The normalized spacial score (nSPS) is 12.6. The van der Waals surface area contributed by atoms with Gasteiger partial charge in [0.05, 0.1) is 23.0 Å². The molecule has 1 atom stereocenters. The van der Waals surface area contributed by atoms with Gasteiger partial charge in [-0.3, -0.25) is 4.68 Å². The predicted molar refractivity (Wildman–Crippen MR) is 87.0 cm³/mol. The summed E-state index contributed by atoms with van der Waals surface area (Å²) in [5.74, 6) is 0.0513. The molecule has 0 bridgehead atoms. The van der Waals surface area contributed by atoms with E-state index in [2.05, 4.69) is 38.0 Å². The molecule has 0 aliphatic carbocycles. The number of benzene rings is 1. The Kier molecular flexibility index (Phi) is 5.43. The average molecular weight is 307 g/mol. The van der Waals surface area contributed by atoms with E-state index in [-0.39, 0.29) is 12.5 Å². The molecule has 1 heterocycles. The lowest BCUT2D eigenvalue weighted by molar-refractivity contribution is 0.262. The van der Waals surface area contributed by atoms with Crippen LogP contribution in [0, 0.1) is 6.92 Å². The third-order valence-corrected chi connectivity index (χ3v) is 4.42. The number of aromatic nitrogens is 2. The molecule has 114 valence electrons. The molecule has 1 N–H and O–H groups in total. The topological polar surface area (TPSA) is 38.0 Å². The Bertz CT molecular complexity index is 607. The third-order valence-electron chi connectivity index (χ3n) is 3.98. The van der Waals surface area contributed by atoms with Crippen LogP contribution in [-0.4, -0.2) is 21.5 Å². The number of aliphatic hydroxyl groups is 1. The Morgan fingerprint density at radius 2 is 2.00 bits per heavy atom. The van der Waals surface area contributed by atoms with Gasteiger partial charge in [-0.2, -0.15) is 5.10 Å². The lowest BCUT2D eigenvalue weighted by Crippen LogP contribution is -2.13. The highest BCUT2D eigenvalue weighted by Crippen LogP contribution is 2.29. The van der Waals surface area contributed by atoms with Gasteiger partial charge in [0.15, 0.2) is 0 Å². The Labute approximate surface area is 131 Å². The maximum atomic E-state index is 9.81. The number of halogens is 1. The van der Waals surface area contributed by atoms with Gasteiger partial charge in [-0.25, -0.2) is 0 Å². The van der Waals surface area contributed by atoms with Crippen molar-refractivity contribution in [1.82, 2.24) is 9.78 Å². The minimum absolute atomic E-state index is 0.0513. The van der Waals surface area contributed by atoms with Crippen molar-refractivity contribution in [3.05, 3.63) is 51.8 Å². The third kappa shape index (κ3) is 3.30. The zero-order chi connectivity index (χ0) is 15.4. The fourth-order valence-electron chi connectivity index (χ4n) is 2.76. The van der Waals surface area contributed by atoms with Crippen LogP contribution in [0.25, 0.3) is 0 Å². The molecule has 3 nitrogen and oxygen atoms in total. The van der Waals surface area contributed by atoms with Crippen molar-refractivity contribution in [2.24, 2.45) is 0 Å². The molecule has 4 heteroatoms. The molecule has 2 aromatic rings. The zero-order valence-corrected chi connectivity index (χ0v) is 13.7. The molecule has 2 rings (SSSR count). The van der Waals surface area contributed by atoms with Crippen LogP contribution in [0.3, 0.4) is 0 Å². The first-order valence-electron chi connectivity index (χ1n) is 7.52. The Morgan fingerprint density at radius 1 is 1.29 bits per heavy atom.